The Bertz CT molecular complexity index is 366. The summed E-state index contributed by atoms with van der Waals surface area (Å²) in [6.07, 6.45) is 2.79. The molecule has 0 spiro atoms. The van der Waals surface area contributed by atoms with E-state index in [0.717, 1.165) is 5.75 Å². The number of halogens is 1. The summed E-state index contributed by atoms with van der Waals surface area (Å²) in [5, 5.41) is 0. The van der Waals surface area contributed by atoms with Gasteiger partial charge in [0.25, 0.3) is 0 Å². The molecule has 1 aromatic carbocycles. The van der Waals surface area contributed by atoms with Gasteiger partial charge in [0.15, 0.2) is 11.6 Å². The maximum absolute atomic E-state index is 13.3. The van der Waals surface area contributed by atoms with E-state index >= 15 is 0 Å². The average molecular weight is 242 g/mol. The Morgan fingerprint density at radius 1 is 1.50 bits per heavy atom. The van der Waals surface area contributed by atoms with Crippen molar-refractivity contribution in [3.05, 3.63) is 29.6 Å². The molecule has 4 heteroatoms. The molecule has 0 N–H and O–H groups in total. The number of Topliss-reactive ketones (excluding diaryl/α,β-unsaturated/α-hetero) is 1. The minimum atomic E-state index is -0.419. The molecular weight excluding hydrogens is 227 g/mol. The quantitative estimate of drug-likeness (QED) is 0.767. The summed E-state index contributed by atoms with van der Waals surface area (Å²) in [4.78, 5) is 11.5. The third kappa shape index (κ3) is 3.85. The average Bonchev–Trinajstić information content (AvgIpc) is 2.26. The van der Waals surface area contributed by atoms with E-state index in [4.69, 9.17) is 4.74 Å². The SMILES string of the molecule is COc1ccc(CC(=O)CCSC)cc1F. The number of hydrogen-bond donors (Lipinski definition) is 0. The fourth-order valence-electron chi connectivity index (χ4n) is 1.35. The van der Waals surface area contributed by atoms with Gasteiger partial charge in [-0.2, -0.15) is 11.8 Å². The van der Waals surface area contributed by atoms with Crippen LogP contribution < -0.4 is 4.74 Å². The lowest BCUT2D eigenvalue weighted by Crippen LogP contribution is -2.04. The van der Waals surface area contributed by atoms with Crippen LogP contribution in [0.3, 0.4) is 0 Å². The Morgan fingerprint density at radius 3 is 2.81 bits per heavy atom. The van der Waals surface area contributed by atoms with E-state index in [1.165, 1.54) is 13.2 Å². The van der Waals surface area contributed by atoms with Crippen molar-refractivity contribution in [2.45, 2.75) is 12.8 Å². The Labute approximate surface area is 99.2 Å². The lowest BCUT2D eigenvalue weighted by atomic mass is 10.1. The van der Waals surface area contributed by atoms with Crippen molar-refractivity contribution >= 4 is 17.5 Å². The molecule has 0 aliphatic heterocycles. The van der Waals surface area contributed by atoms with Gasteiger partial charge in [-0.1, -0.05) is 6.07 Å². The second kappa shape index (κ2) is 6.53. The molecule has 2 nitrogen and oxygen atoms in total. The molecule has 0 aliphatic rings. The number of rotatable bonds is 6. The maximum atomic E-state index is 13.3. The van der Waals surface area contributed by atoms with Crippen molar-refractivity contribution < 1.29 is 13.9 Å². The predicted molar refractivity (Wildman–Crippen MR) is 64.7 cm³/mol. The normalized spacial score (nSPS) is 10.2. The third-order valence-electron chi connectivity index (χ3n) is 2.20. The zero-order valence-electron chi connectivity index (χ0n) is 9.46. The highest BCUT2D eigenvalue weighted by Gasteiger charge is 2.07. The number of hydrogen-bond acceptors (Lipinski definition) is 3. The van der Waals surface area contributed by atoms with Crippen molar-refractivity contribution in [1.29, 1.82) is 0 Å². The zero-order chi connectivity index (χ0) is 12.0. The van der Waals surface area contributed by atoms with Gasteiger partial charge in [-0.15, -0.1) is 0 Å². The van der Waals surface area contributed by atoms with E-state index in [2.05, 4.69) is 0 Å². The van der Waals surface area contributed by atoms with E-state index in [1.807, 2.05) is 6.26 Å². The van der Waals surface area contributed by atoms with Crippen LogP contribution in [0.5, 0.6) is 5.75 Å². The molecule has 0 atom stereocenters. The van der Waals surface area contributed by atoms with Crippen molar-refractivity contribution in [2.75, 3.05) is 19.1 Å². The second-order valence-corrected chi connectivity index (χ2v) is 4.41. The Kier molecular flexibility index (Phi) is 5.32. The topological polar surface area (TPSA) is 26.3 Å². The number of methoxy groups -OCH3 is 1. The smallest absolute Gasteiger partial charge is 0.165 e. The van der Waals surface area contributed by atoms with Crippen LogP contribution in [0.1, 0.15) is 12.0 Å². The monoisotopic (exact) mass is 242 g/mol. The van der Waals surface area contributed by atoms with Crippen LogP contribution in [0.2, 0.25) is 0 Å². The first-order valence-electron chi connectivity index (χ1n) is 5.00. The third-order valence-corrected chi connectivity index (χ3v) is 2.81. The molecule has 0 aromatic heterocycles. The fraction of sp³-hybridized carbons (Fsp3) is 0.417. The van der Waals surface area contributed by atoms with E-state index in [-0.39, 0.29) is 11.5 Å². The molecule has 1 aromatic rings. The van der Waals surface area contributed by atoms with Crippen LogP contribution in [0, 0.1) is 5.82 Å². The molecule has 0 amide bonds. The van der Waals surface area contributed by atoms with Crippen molar-refractivity contribution in [2.24, 2.45) is 0 Å². The first kappa shape index (κ1) is 13.0. The molecule has 0 saturated carbocycles. The minimum Gasteiger partial charge on any atom is -0.494 e. The number of ether oxygens (including phenoxy) is 1. The summed E-state index contributed by atoms with van der Waals surface area (Å²) < 4.78 is 18.1. The zero-order valence-corrected chi connectivity index (χ0v) is 10.3. The summed E-state index contributed by atoms with van der Waals surface area (Å²) >= 11 is 1.63. The lowest BCUT2D eigenvalue weighted by molar-refractivity contribution is -0.118. The predicted octanol–water partition coefficient (Wildman–Crippen LogP) is 2.70. The van der Waals surface area contributed by atoms with Gasteiger partial charge in [-0.3, -0.25) is 4.79 Å². The van der Waals surface area contributed by atoms with Crippen molar-refractivity contribution in [3.63, 3.8) is 0 Å². The Balaban J connectivity index is 2.61. The van der Waals surface area contributed by atoms with E-state index < -0.39 is 5.82 Å². The van der Waals surface area contributed by atoms with Gasteiger partial charge in [-0.25, -0.2) is 4.39 Å². The lowest BCUT2D eigenvalue weighted by Gasteiger charge is -2.04. The van der Waals surface area contributed by atoms with E-state index in [9.17, 15) is 9.18 Å². The van der Waals surface area contributed by atoms with Crippen molar-refractivity contribution in [3.8, 4) is 5.75 Å². The van der Waals surface area contributed by atoms with Crippen LogP contribution in [0.4, 0.5) is 4.39 Å². The fourth-order valence-corrected chi connectivity index (χ4v) is 1.78. The number of thioether (sulfide) groups is 1. The molecule has 0 fully saturated rings. The summed E-state index contributed by atoms with van der Waals surface area (Å²) in [7, 11) is 1.42. The second-order valence-electron chi connectivity index (χ2n) is 3.43. The summed E-state index contributed by atoms with van der Waals surface area (Å²) in [5.74, 6) is 0.745. The summed E-state index contributed by atoms with van der Waals surface area (Å²) in [6, 6.07) is 4.63. The number of benzene rings is 1. The van der Waals surface area contributed by atoms with Gasteiger partial charge in [0.1, 0.15) is 5.78 Å². The van der Waals surface area contributed by atoms with Crippen LogP contribution in [0.25, 0.3) is 0 Å². The molecule has 1 rings (SSSR count). The number of ketones is 1. The van der Waals surface area contributed by atoms with Gasteiger partial charge in [0.2, 0.25) is 0 Å². The molecule has 16 heavy (non-hydrogen) atoms. The van der Waals surface area contributed by atoms with Crippen LogP contribution in [0.15, 0.2) is 18.2 Å². The highest BCUT2D eigenvalue weighted by molar-refractivity contribution is 7.98. The van der Waals surface area contributed by atoms with Gasteiger partial charge < -0.3 is 4.74 Å². The molecule has 0 bridgehead atoms. The largest absolute Gasteiger partial charge is 0.494 e. The molecule has 0 aliphatic carbocycles. The molecule has 0 unspecified atom stereocenters. The number of carbonyl (C=O) groups excluding carboxylic acids is 1. The van der Waals surface area contributed by atoms with E-state index in [0.29, 0.717) is 18.4 Å². The highest BCUT2D eigenvalue weighted by atomic mass is 32.2. The van der Waals surface area contributed by atoms with Crippen LogP contribution in [-0.2, 0) is 11.2 Å². The van der Waals surface area contributed by atoms with Crippen LogP contribution >= 0.6 is 11.8 Å². The van der Waals surface area contributed by atoms with E-state index in [1.54, 1.807) is 23.9 Å². The molecule has 0 radical (unpaired) electrons. The van der Waals surface area contributed by atoms with Crippen molar-refractivity contribution in [1.82, 2.24) is 0 Å². The molecule has 0 heterocycles. The summed E-state index contributed by atoms with van der Waals surface area (Å²) in [6.45, 7) is 0. The standard InChI is InChI=1S/C12H15FO2S/c1-15-12-4-3-9(8-11(12)13)7-10(14)5-6-16-2/h3-4,8H,5-7H2,1-2H3. The number of carbonyl (C=O) groups is 1. The highest BCUT2D eigenvalue weighted by Crippen LogP contribution is 2.18. The van der Waals surface area contributed by atoms with Crippen LogP contribution in [-0.4, -0.2) is 24.9 Å². The van der Waals surface area contributed by atoms with Gasteiger partial charge in [-0.05, 0) is 29.7 Å². The molecule has 0 saturated heterocycles. The van der Waals surface area contributed by atoms with Gasteiger partial charge in [0.05, 0.1) is 7.11 Å². The Morgan fingerprint density at radius 2 is 2.25 bits per heavy atom. The van der Waals surface area contributed by atoms with Gasteiger partial charge in [0, 0.05) is 12.8 Å². The minimum absolute atomic E-state index is 0.138. The summed E-state index contributed by atoms with van der Waals surface area (Å²) in [5.41, 5.74) is 0.699. The van der Waals surface area contributed by atoms with Gasteiger partial charge >= 0.3 is 0 Å². The molecule has 88 valence electrons. The maximum Gasteiger partial charge on any atom is 0.165 e. The molecular formula is C12H15FO2S. The first-order chi connectivity index (χ1) is 7.67. The first-order valence-corrected chi connectivity index (χ1v) is 6.39. The Hall–Kier alpha value is -1.03.